The Morgan fingerprint density at radius 3 is 2.76 bits per heavy atom. The van der Waals surface area contributed by atoms with Gasteiger partial charge in [-0.1, -0.05) is 0 Å². The number of pyridine rings is 1. The number of thiophene rings is 1. The number of hydrogen-bond donors (Lipinski definition) is 2. The molecule has 112 valence electrons. The Bertz CT molecular complexity index is 629. The predicted molar refractivity (Wildman–Crippen MR) is 78.6 cm³/mol. The maximum Gasteiger partial charge on any atom is 0.277 e. The second-order valence-corrected chi connectivity index (χ2v) is 5.36. The highest BCUT2D eigenvalue weighted by molar-refractivity contribution is 7.08. The summed E-state index contributed by atoms with van der Waals surface area (Å²) in [7, 11) is 0. The first-order valence-corrected chi connectivity index (χ1v) is 7.23. The van der Waals surface area contributed by atoms with E-state index in [0.717, 1.165) is 11.3 Å². The number of carbonyl (C=O) groups excluding carboxylic acids is 1. The van der Waals surface area contributed by atoms with E-state index in [0.29, 0.717) is 5.69 Å². The molecular weight excluding hydrogens is 296 g/mol. The lowest BCUT2D eigenvalue weighted by molar-refractivity contribution is 0.0118. The van der Waals surface area contributed by atoms with E-state index in [9.17, 15) is 13.6 Å². The second-order valence-electron chi connectivity index (χ2n) is 4.58. The Morgan fingerprint density at radius 1 is 1.43 bits per heavy atom. The molecule has 0 spiro atoms. The molecule has 0 unspecified atom stereocenters. The molecule has 0 fully saturated rings. The Balaban J connectivity index is 2.12. The van der Waals surface area contributed by atoms with Crippen molar-refractivity contribution in [3.63, 3.8) is 0 Å². The molecule has 0 aliphatic heterocycles. The SMILES string of the molecule is Cc1nc(-c2ccsc2)ccc1C(=O)NCC(F)(F)CN. The minimum Gasteiger partial charge on any atom is -0.346 e. The number of nitrogens with one attached hydrogen (secondary N) is 1. The summed E-state index contributed by atoms with van der Waals surface area (Å²) >= 11 is 1.55. The molecule has 4 nitrogen and oxygen atoms in total. The lowest BCUT2D eigenvalue weighted by atomic mass is 10.1. The van der Waals surface area contributed by atoms with Crippen LogP contribution in [0.15, 0.2) is 29.0 Å². The smallest absolute Gasteiger partial charge is 0.277 e. The van der Waals surface area contributed by atoms with Crippen LogP contribution in [0.2, 0.25) is 0 Å². The number of aryl methyl sites for hydroxylation is 1. The maximum atomic E-state index is 13.0. The number of aromatic nitrogens is 1. The maximum absolute atomic E-state index is 13.0. The summed E-state index contributed by atoms with van der Waals surface area (Å²) in [6, 6.07) is 5.21. The summed E-state index contributed by atoms with van der Waals surface area (Å²) in [6.07, 6.45) is 0. The van der Waals surface area contributed by atoms with Crippen molar-refractivity contribution in [3.8, 4) is 11.3 Å². The van der Waals surface area contributed by atoms with E-state index in [2.05, 4.69) is 10.3 Å². The highest BCUT2D eigenvalue weighted by Crippen LogP contribution is 2.21. The van der Waals surface area contributed by atoms with Gasteiger partial charge in [0.1, 0.15) is 0 Å². The molecule has 0 saturated carbocycles. The van der Waals surface area contributed by atoms with Crippen molar-refractivity contribution < 1.29 is 13.6 Å². The van der Waals surface area contributed by atoms with Crippen LogP contribution < -0.4 is 11.1 Å². The summed E-state index contributed by atoms with van der Waals surface area (Å²) in [5.74, 6) is -3.68. The highest BCUT2D eigenvalue weighted by atomic mass is 32.1. The average molecular weight is 311 g/mol. The summed E-state index contributed by atoms with van der Waals surface area (Å²) in [6.45, 7) is 0.0848. The number of nitrogens with zero attached hydrogens (tertiary/aromatic N) is 1. The fraction of sp³-hybridized carbons (Fsp3) is 0.286. The van der Waals surface area contributed by atoms with Gasteiger partial charge in [-0.3, -0.25) is 9.78 Å². The minimum atomic E-state index is -3.10. The molecule has 0 aliphatic carbocycles. The number of halogens is 2. The lowest BCUT2D eigenvalue weighted by Gasteiger charge is -2.15. The summed E-state index contributed by atoms with van der Waals surface area (Å²) in [4.78, 5) is 16.2. The van der Waals surface area contributed by atoms with Crippen LogP contribution in [0.5, 0.6) is 0 Å². The van der Waals surface area contributed by atoms with Crippen LogP contribution in [0.4, 0.5) is 8.78 Å². The number of alkyl halides is 2. The van der Waals surface area contributed by atoms with Gasteiger partial charge < -0.3 is 11.1 Å². The molecule has 21 heavy (non-hydrogen) atoms. The van der Waals surface area contributed by atoms with Crippen LogP contribution >= 0.6 is 11.3 Å². The number of rotatable bonds is 5. The van der Waals surface area contributed by atoms with Crippen molar-refractivity contribution in [3.05, 3.63) is 40.2 Å². The molecule has 2 rings (SSSR count). The zero-order chi connectivity index (χ0) is 15.5. The third-order valence-electron chi connectivity index (χ3n) is 2.95. The first-order chi connectivity index (χ1) is 9.93. The van der Waals surface area contributed by atoms with Gasteiger partial charge in [-0.15, -0.1) is 0 Å². The highest BCUT2D eigenvalue weighted by Gasteiger charge is 2.27. The van der Waals surface area contributed by atoms with E-state index < -0.39 is 24.9 Å². The zero-order valence-corrected chi connectivity index (χ0v) is 12.2. The molecule has 1 amide bonds. The molecule has 0 radical (unpaired) electrons. The molecule has 2 aromatic rings. The zero-order valence-electron chi connectivity index (χ0n) is 11.4. The van der Waals surface area contributed by atoms with Crippen LogP contribution in [0.1, 0.15) is 16.1 Å². The summed E-state index contributed by atoms with van der Waals surface area (Å²) in [5, 5.41) is 6.06. The number of carbonyl (C=O) groups is 1. The van der Waals surface area contributed by atoms with Crippen LogP contribution in [0.3, 0.4) is 0 Å². The molecule has 0 aliphatic rings. The molecule has 7 heteroatoms. The Labute approximate surface area is 125 Å². The van der Waals surface area contributed by atoms with Gasteiger partial charge in [0.05, 0.1) is 30.0 Å². The molecule has 3 N–H and O–H groups in total. The van der Waals surface area contributed by atoms with Gasteiger partial charge in [0.15, 0.2) is 0 Å². The van der Waals surface area contributed by atoms with Crippen molar-refractivity contribution >= 4 is 17.2 Å². The summed E-state index contributed by atoms with van der Waals surface area (Å²) < 4.78 is 26.1. The lowest BCUT2D eigenvalue weighted by Crippen LogP contribution is -2.41. The first-order valence-electron chi connectivity index (χ1n) is 6.29. The topological polar surface area (TPSA) is 68.0 Å². The van der Waals surface area contributed by atoms with Crippen molar-refractivity contribution in [2.75, 3.05) is 13.1 Å². The van der Waals surface area contributed by atoms with Gasteiger partial charge in [0, 0.05) is 10.9 Å². The Morgan fingerprint density at radius 2 is 2.19 bits per heavy atom. The first kappa shape index (κ1) is 15.5. The van der Waals surface area contributed by atoms with Crippen LogP contribution in [-0.2, 0) is 0 Å². The minimum absolute atomic E-state index is 0.279. The molecule has 0 aromatic carbocycles. The molecule has 0 saturated heterocycles. The Hall–Kier alpha value is -1.86. The van der Waals surface area contributed by atoms with Crippen molar-refractivity contribution in [2.24, 2.45) is 5.73 Å². The predicted octanol–water partition coefficient (Wildman–Crippen LogP) is 2.44. The van der Waals surface area contributed by atoms with Gasteiger partial charge in [-0.2, -0.15) is 11.3 Å². The van der Waals surface area contributed by atoms with Crippen LogP contribution in [0, 0.1) is 6.92 Å². The fourth-order valence-electron chi connectivity index (χ4n) is 1.75. The fourth-order valence-corrected chi connectivity index (χ4v) is 2.40. The van der Waals surface area contributed by atoms with E-state index >= 15 is 0 Å². The second kappa shape index (κ2) is 6.28. The van der Waals surface area contributed by atoms with Crippen molar-refractivity contribution in [1.29, 1.82) is 0 Å². The van der Waals surface area contributed by atoms with Gasteiger partial charge >= 0.3 is 0 Å². The molecule has 0 atom stereocenters. The summed E-state index contributed by atoms with van der Waals surface area (Å²) in [5.41, 5.74) is 7.41. The van der Waals surface area contributed by atoms with E-state index in [-0.39, 0.29) is 5.56 Å². The monoisotopic (exact) mass is 311 g/mol. The van der Waals surface area contributed by atoms with Gasteiger partial charge in [0.2, 0.25) is 0 Å². The molecule has 0 bridgehead atoms. The number of hydrogen-bond acceptors (Lipinski definition) is 4. The number of nitrogens with two attached hydrogens (primary N) is 1. The number of amides is 1. The van der Waals surface area contributed by atoms with Crippen molar-refractivity contribution in [2.45, 2.75) is 12.8 Å². The molecule has 2 heterocycles. The van der Waals surface area contributed by atoms with Crippen molar-refractivity contribution in [1.82, 2.24) is 10.3 Å². The standard InChI is InChI=1S/C14H15F2N3OS/c1-9-11(13(20)18-8-14(15,16)7-17)2-3-12(19-9)10-4-5-21-6-10/h2-6H,7-8,17H2,1H3,(H,18,20). The van der Waals surface area contributed by atoms with Crippen LogP contribution in [0.25, 0.3) is 11.3 Å². The van der Waals surface area contributed by atoms with Crippen LogP contribution in [-0.4, -0.2) is 29.9 Å². The Kier molecular flexibility index (Phi) is 4.64. The van der Waals surface area contributed by atoms with Gasteiger partial charge in [-0.25, -0.2) is 8.78 Å². The largest absolute Gasteiger partial charge is 0.346 e. The quantitative estimate of drug-likeness (QED) is 0.891. The van der Waals surface area contributed by atoms with E-state index in [1.54, 1.807) is 30.4 Å². The van der Waals surface area contributed by atoms with Gasteiger partial charge in [-0.05, 0) is 30.5 Å². The van der Waals surface area contributed by atoms with E-state index in [1.165, 1.54) is 0 Å². The third kappa shape index (κ3) is 3.83. The third-order valence-corrected chi connectivity index (χ3v) is 3.64. The molecule has 2 aromatic heterocycles. The van der Waals surface area contributed by atoms with E-state index in [4.69, 9.17) is 5.73 Å². The molecular formula is C14H15F2N3OS. The average Bonchev–Trinajstić information content (AvgIpc) is 2.99. The van der Waals surface area contributed by atoms with E-state index in [1.807, 2.05) is 16.8 Å². The normalized spacial score (nSPS) is 11.4. The van der Waals surface area contributed by atoms with Gasteiger partial charge in [0.25, 0.3) is 11.8 Å².